The van der Waals surface area contributed by atoms with Crippen LogP contribution < -0.4 is 4.90 Å². The summed E-state index contributed by atoms with van der Waals surface area (Å²) in [5, 5.41) is 1.24. The Morgan fingerprint density at radius 3 is 2.64 bits per heavy atom. The van der Waals surface area contributed by atoms with Crippen LogP contribution in [0.2, 0.25) is 10.0 Å². The van der Waals surface area contributed by atoms with Gasteiger partial charge in [0, 0.05) is 18.3 Å². The number of anilines is 1. The van der Waals surface area contributed by atoms with Crippen molar-refractivity contribution < 1.29 is 0 Å². The number of hydrogen-bond donors (Lipinski definition) is 0. The van der Waals surface area contributed by atoms with E-state index in [9.17, 15) is 0 Å². The van der Waals surface area contributed by atoms with Crippen molar-refractivity contribution in [1.82, 2.24) is 0 Å². The minimum atomic E-state index is 0.562. The van der Waals surface area contributed by atoms with Crippen LogP contribution in [0.4, 0.5) is 5.69 Å². The van der Waals surface area contributed by atoms with Gasteiger partial charge < -0.3 is 4.90 Å². The summed E-state index contributed by atoms with van der Waals surface area (Å²) in [6.45, 7) is 4.43. The highest BCUT2D eigenvalue weighted by molar-refractivity contribution is 6.42. The molecular formula is C11H12Cl2N. The van der Waals surface area contributed by atoms with Crippen molar-refractivity contribution >= 4 is 28.9 Å². The van der Waals surface area contributed by atoms with E-state index in [1.807, 2.05) is 18.2 Å². The number of halogens is 2. The number of benzene rings is 1. The zero-order chi connectivity index (χ0) is 10.1. The maximum Gasteiger partial charge on any atom is 0.0612 e. The highest BCUT2D eigenvalue weighted by Gasteiger charge is 2.21. The lowest BCUT2D eigenvalue weighted by molar-refractivity contribution is 0.738. The molecule has 1 heterocycles. The Balaban J connectivity index is 2.28. The molecule has 1 atom stereocenters. The number of hydrogen-bond acceptors (Lipinski definition) is 1. The van der Waals surface area contributed by atoms with Crippen molar-refractivity contribution in [2.24, 2.45) is 0 Å². The zero-order valence-corrected chi connectivity index (χ0v) is 9.52. The van der Waals surface area contributed by atoms with Gasteiger partial charge >= 0.3 is 0 Å². The molecule has 1 aliphatic rings. The largest absolute Gasteiger partial charge is 0.364 e. The van der Waals surface area contributed by atoms with Crippen LogP contribution in [-0.2, 0) is 0 Å². The van der Waals surface area contributed by atoms with E-state index in [1.165, 1.54) is 6.42 Å². The number of nitrogens with zero attached hydrogens (tertiary/aromatic N) is 1. The summed E-state index contributed by atoms with van der Waals surface area (Å²) in [4.78, 5) is 2.25. The van der Waals surface area contributed by atoms with Gasteiger partial charge in [0.2, 0.25) is 0 Å². The molecule has 0 aromatic heterocycles. The van der Waals surface area contributed by atoms with Crippen LogP contribution in [-0.4, -0.2) is 6.04 Å². The molecule has 0 spiro atoms. The third-order valence-electron chi connectivity index (χ3n) is 2.59. The molecule has 1 radical (unpaired) electrons. The highest BCUT2D eigenvalue weighted by Crippen LogP contribution is 2.32. The molecule has 14 heavy (non-hydrogen) atoms. The Morgan fingerprint density at radius 1 is 1.29 bits per heavy atom. The second kappa shape index (κ2) is 4.00. The monoisotopic (exact) mass is 228 g/mol. The quantitative estimate of drug-likeness (QED) is 0.699. The molecule has 0 amide bonds. The molecule has 75 valence electrons. The summed E-state index contributed by atoms with van der Waals surface area (Å²) in [5.74, 6) is 0. The molecule has 0 N–H and O–H groups in total. The fourth-order valence-corrected chi connectivity index (χ4v) is 2.07. The Labute approximate surface area is 94.6 Å². The first-order valence-corrected chi connectivity index (χ1v) is 5.51. The molecule has 1 nitrogen and oxygen atoms in total. The van der Waals surface area contributed by atoms with Gasteiger partial charge in [0.1, 0.15) is 0 Å². The van der Waals surface area contributed by atoms with Gasteiger partial charge in [0.15, 0.2) is 0 Å². The minimum Gasteiger partial charge on any atom is -0.364 e. The first-order valence-electron chi connectivity index (χ1n) is 4.75. The Hall–Kier alpha value is -0.400. The van der Waals surface area contributed by atoms with E-state index in [4.69, 9.17) is 23.2 Å². The molecule has 0 bridgehead atoms. The van der Waals surface area contributed by atoms with Gasteiger partial charge in [-0.15, -0.1) is 0 Å². The normalized spacial score (nSPS) is 21.6. The van der Waals surface area contributed by atoms with Gasteiger partial charge in [-0.1, -0.05) is 23.2 Å². The first-order chi connectivity index (χ1) is 6.68. The first kappa shape index (κ1) is 10.1. The fourth-order valence-electron chi connectivity index (χ4n) is 1.78. The fraction of sp³-hybridized carbons (Fsp3) is 0.364. The van der Waals surface area contributed by atoms with E-state index >= 15 is 0 Å². The van der Waals surface area contributed by atoms with Gasteiger partial charge in [0.05, 0.1) is 10.0 Å². The van der Waals surface area contributed by atoms with Crippen LogP contribution >= 0.6 is 23.2 Å². The van der Waals surface area contributed by atoms with E-state index in [2.05, 4.69) is 18.4 Å². The van der Waals surface area contributed by atoms with Crippen molar-refractivity contribution in [2.75, 3.05) is 4.90 Å². The average molecular weight is 229 g/mol. The van der Waals surface area contributed by atoms with Crippen LogP contribution in [0.15, 0.2) is 18.2 Å². The second-order valence-electron chi connectivity index (χ2n) is 3.61. The highest BCUT2D eigenvalue weighted by atomic mass is 35.5. The lowest BCUT2D eigenvalue weighted by Gasteiger charge is -2.23. The third kappa shape index (κ3) is 1.84. The van der Waals surface area contributed by atoms with Gasteiger partial charge in [-0.25, -0.2) is 0 Å². The van der Waals surface area contributed by atoms with Crippen molar-refractivity contribution in [1.29, 1.82) is 0 Å². The molecule has 0 saturated carbocycles. The molecule has 1 saturated heterocycles. The molecule has 1 aromatic rings. The summed E-state index contributed by atoms with van der Waals surface area (Å²) in [6, 6.07) is 6.33. The summed E-state index contributed by atoms with van der Waals surface area (Å²) in [7, 11) is 0. The maximum absolute atomic E-state index is 5.97. The lowest BCUT2D eigenvalue weighted by atomic mass is 10.2. The Morgan fingerprint density at radius 2 is 2.07 bits per heavy atom. The standard InChI is InChI=1S/C11H12Cl2N/c1-8-3-2-6-14(8)9-4-5-10(12)11(13)7-9/h4-8H,2-3H2,1H3/t8-/m0/s1. The van der Waals surface area contributed by atoms with Crippen LogP contribution in [0.5, 0.6) is 0 Å². The number of rotatable bonds is 1. The molecule has 0 aliphatic carbocycles. The molecule has 1 fully saturated rings. The lowest BCUT2D eigenvalue weighted by Crippen LogP contribution is -2.23. The topological polar surface area (TPSA) is 3.24 Å². The van der Waals surface area contributed by atoms with Gasteiger partial charge in [-0.3, -0.25) is 0 Å². The van der Waals surface area contributed by atoms with Gasteiger partial charge in [0.25, 0.3) is 0 Å². The molecular weight excluding hydrogens is 217 g/mol. The predicted octanol–water partition coefficient (Wildman–Crippen LogP) is 4.14. The van der Waals surface area contributed by atoms with E-state index in [0.29, 0.717) is 16.1 Å². The smallest absolute Gasteiger partial charge is 0.0612 e. The van der Waals surface area contributed by atoms with E-state index < -0.39 is 0 Å². The van der Waals surface area contributed by atoms with Gasteiger partial charge in [-0.05, 0) is 38.0 Å². The van der Waals surface area contributed by atoms with Crippen molar-refractivity contribution in [2.45, 2.75) is 25.8 Å². The van der Waals surface area contributed by atoms with Crippen LogP contribution in [0.25, 0.3) is 0 Å². The molecule has 0 unspecified atom stereocenters. The van der Waals surface area contributed by atoms with Crippen LogP contribution in [0.1, 0.15) is 19.8 Å². The SMILES string of the molecule is C[C@H]1CC[CH]N1c1ccc(Cl)c(Cl)c1. The second-order valence-corrected chi connectivity index (χ2v) is 4.43. The summed E-state index contributed by atoms with van der Waals surface area (Å²) in [5.41, 5.74) is 1.13. The van der Waals surface area contributed by atoms with Gasteiger partial charge in [-0.2, -0.15) is 0 Å². The maximum atomic E-state index is 5.97. The zero-order valence-electron chi connectivity index (χ0n) is 8.00. The van der Waals surface area contributed by atoms with E-state index in [1.54, 1.807) is 0 Å². The van der Waals surface area contributed by atoms with Crippen molar-refractivity contribution in [3.8, 4) is 0 Å². The minimum absolute atomic E-state index is 0.562. The van der Waals surface area contributed by atoms with E-state index in [0.717, 1.165) is 12.1 Å². The van der Waals surface area contributed by atoms with Crippen LogP contribution in [0.3, 0.4) is 0 Å². The third-order valence-corrected chi connectivity index (χ3v) is 3.33. The molecule has 2 rings (SSSR count). The van der Waals surface area contributed by atoms with Crippen LogP contribution in [0, 0.1) is 6.54 Å². The summed E-state index contributed by atoms with van der Waals surface area (Å²) < 4.78 is 0. The molecule has 1 aliphatic heterocycles. The average Bonchev–Trinajstić information content (AvgIpc) is 2.57. The molecule has 3 heteroatoms. The summed E-state index contributed by atoms with van der Waals surface area (Å²) in [6.07, 6.45) is 2.35. The predicted molar refractivity (Wildman–Crippen MR) is 61.9 cm³/mol. The van der Waals surface area contributed by atoms with Crippen molar-refractivity contribution in [3.05, 3.63) is 34.8 Å². The Kier molecular flexibility index (Phi) is 2.89. The Bertz CT molecular complexity index is 338. The molecule has 1 aromatic carbocycles. The van der Waals surface area contributed by atoms with E-state index in [-0.39, 0.29) is 0 Å². The van der Waals surface area contributed by atoms with Crippen molar-refractivity contribution in [3.63, 3.8) is 0 Å². The summed E-state index contributed by atoms with van der Waals surface area (Å²) >= 11 is 11.8.